The van der Waals surface area contributed by atoms with Crippen molar-refractivity contribution in [1.82, 2.24) is 5.32 Å². The highest BCUT2D eigenvalue weighted by atomic mass is 32.2. The molecule has 0 aromatic heterocycles. The molecule has 136 valence electrons. The first kappa shape index (κ1) is 19.5. The molecule has 0 aliphatic carbocycles. The maximum atomic E-state index is 12.9. The Labute approximate surface area is 152 Å². The first-order valence-corrected chi connectivity index (χ1v) is 9.64. The van der Waals surface area contributed by atoms with Crippen molar-refractivity contribution in [2.45, 2.75) is 6.42 Å². The van der Waals surface area contributed by atoms with Crippen molar-refractivity contribution in [1.29, 1.82) is 0 Å². The van der Waals surface area contributed by atoms with E-state index in [0.717, 1.165) is 16.1 Å². The third kappa shape index (κ3) is 5.07. The van der Waals surface area contributed by atoms with Crippen LogP contribution in [0.1, 0.15) is 21.5 Å². The van der Waals surface area contributed by atoms with Crippen molar-refractivity contribution in [2.24, 2.45) is 0 Å². The van der Waals surface area contributed by atoms with E-state index >= 15 is 0 Å². The van der Waals surface area contributed by atoms with Crippen molar-refractivity contribution >= 4 is 21.6 Å². The Morgan fingerprint density at radius 3 is 2.46 bits per heavy atom. The largest absolute Gasteiger partial charge is 0.352 e. The van der Waals surface area contributed by atoms with Gasteiger partial charge in [-0.1, -0.05) is 18.1 Å². The Kier molecular flexibility index (Phi) is 6.01. The number of carbonyl (C=O) groups excluding carboxylic acids is 1. The van der Waals surface area contributed by atoms with Gasteiger partial charge in [0.05, 0.1) is 11.9 Å². The molecule has 2 rings (SSSR count). The highest BCUT2D eigenvalue weighted by Gasteiger charge is 2.15. The molecule has 26 heavy (non-hydrogen) atoms. The number of hydrogen-bond acceptors (Lipinski definition) is 3. The summed E-state index contributed by atoms with van der Waals surface area (Å²) >= 11 is 0. The number of hydrogen-bond donors (Lipinski definition) is 1. The number of carbonyl (C=O) groups is 1. The van der Waals surface area contributed by atoms with Crippen LogP contribution in [-0.2, 0) is 16.4 Å². The van der Waals surface area contributed by atoms with Crippen molar-refractivity contribution in [3.05, 3.63) is 65.0 Å². The standard InChI is InChI=1S/C19H19FN2O3S/c1-4-14-11-16(13-18(12-14)22(2)26(3,24)25)19(23)21-10-9-15-5-7-17(20)8-6-15/h1,5-8,11-13H,9-10H2,2-3H3,(H,21,23). The summed E-state index contributed by atoms with van der Waals surface area (Å²) in [6, 6.07) is 10.5. The van der Waals surface area contributed by atoms with Gasteiger partial charge in [0, 0.05) is 24.7 Å². The molecule has 0 saturated carbocycles. The molecule has 7 heteroatoms. The quantitative estimate of drug-likeness (QED) is 0.788. The molecular weight excluding hydrogens is 355 g/mol. The summed E-state index contributed by atoms with van der Waals surface area (Å²) in [5, 5.41) is 2.75. The predicted octanol–water partition coefficient (Wildman–Crippen LogP) is 2.18. The van der Waals surface area contributed by atoms with E-state index in [1.165, 1.54) is 37.4 Å². The van der Waals surface area contributed by atoms with Gasteiger partial charge in [-0.2, -0.15) is 0 Å². The second-order valence-corrected chi connectivity index (χ2v) is 7.79. The molecule has 0 spiro atoms. The lowest BCUT2D eigenvalue weighted by molar-refractivity contribution is 0.0954. The Morgan fingerprint density at radius 1 is 1.23 bits per heavy atom. The minimum Gasteiger partial charge on any atom is -0.352 e. The topological polar surface area (TPSA) is 66.5 Å². The van der Waals surface area contributed by atoms with Crippen LogP contribution in [0, 0.1) is 18.2 Å². The zero-order valence-electron chi connectivity index (χ0n) is 14.5. The zero-order chi connectivity index (χ0) is 19.3. The Hall–Kier alpha value is -2.85. The molecule has 0 fully saturated rings. The summed E-state index contributed by atoms with van der Waals surface area (Å²) < 4.78 is 37.4. The molecule has 1 amide bonds. The molecule has 0 aliphatic rings. The van der Waals surface area contributed by atoms with Gasteiger partial charge in [-0.3, -0.25) is 9.10 Å². The molecule has 0 saturated heterocycles. The smallest absolute Gasteiger partial charge is 0.251 e. The van der Waals surface area contributed by atoms with Gasteiger partial charge in [-0.05, 0) is 42.3 Å². The summed E-state index contributed by atoms with van der Waals surface area (Å²) in [6.45, 7) is 0.349. The number of rotatable bonds is 6. The van der Waals surface area contributed by atoms with Crippen LogP contribution in [0.25, 0.3) is 0 Å². The van der Waals surface area contributed by atoms with Gasteiger partial charge in [-0.25, -0.2) is 12.8 Å². The number of anilines is 1. The highest BCUT2D eigenvalue weighted by molar-refractivity contribution is 7.92. The first-order valence-electron chi connectivity index (χ1n) is 7.79. The van der Waals surface area contributed by atoms with E-state index < -0.39 is 10.0 Å². The van der Waals surface area contributed by atoms with E-state index in [0.29, 0.717) is 24.2 Å². The molecule has 0 unspecified atom stereocenters. The lowest BCUT2D eigenvalue weighted by Crippen LogP contribution is -2.27. The minimum absolute atomic E-state index is 0.269. The normalized spacial score (nSPS) is 10.8. The number of amides is 1. The molecule has 0 aliphatic heterocycles. The van der Waals surface area contributed by atoms with Crippen molar-refractivity contribution in [2.75, 3.05) is 24.2 Å². The van der Waals surface area contributed by atoms with E-state index in [9.17, 15) is 17.6 Å². The third-order valence-corrected chi connectivity index (χ3v) is 5.03. The SMILES string of the molecule is C#Cc1cc(C(=O)NCCc2ccc(F)cc2)cc(N(C)S(C)(=O)=O)c1. The van der Waals surface area contributed by atoms with Crippen molar-refractivity contribution in [3.63, 3.8) is 0 Å². The number of sulfonamides is 1. The van der Waals surface area contributed by atoms with Gasteiger partial charge < -0.3 is 5.32 Å². The summed E-state index contributed by atoms with van der Waals surface area (Å²) in [4.78, 5) is 12.4. The molecule has 0 atom stereocenters. The van der Waals surface area contributed by atoms with Crippen LogP contribution in [-0.4, -0.2) is 34.2 Å². The lowest BCUT2D eigenvalue weighted by atomic mass is 10.1. The van der Waals surface area contributed by atoms with Crippen LogP contribution >= 0.6 is 0 Å². The fourth-order valence-corrected chi connectivity index (χ4v) is 2.76. The summed E-state index contributed by atoms with van der Waals surface area (Å²) in [7, 11) is -2.09. The van der Waals surface area contributed by atoms with E-state index in [1.54, 1.807) is 12.1 Å². The van der Waals surface area contributed by atoms with Gasteiger partial charge in [0.1, 0.15) is 5.82 Å². The average molecular weight is 374 g/mol. The summed E-state index contributed by atoms with van der Waals surface area (Å²) in [6.07, 6.45) is 7.01. The Bertz CT molecular complexity index is 948. The number of nitrogens with zero attached hydrogens (tertiary/aromatic N) is 1. The van der Waals surface area contributed by atoms with E-state index in [2.05, 4.69) is 11.2 Å². The Balaban J connectivity index is 2.12. The maximum Gasteiger partial charge on any atom is 0.251 e. The molecule has 5 nitrogen and oxygen atoms in total. The van der Waals surface area contributed by atoms with Crippen LogP contribution in [0.15, 0.2) is 42.5 Å². The van der Waals surface area contributed by atoms with Crippen molar-refractivity contribution < 1.29 is 17.6 Å². The summed E-state index contributed by atoms with van der Waals surface area (Å²) in [5.41, 5.74) is 1.87. The van der Waals surface area contributed by atoms with Gasteiger partial charge in [-0.15, -0.1) is 6.42 Å². The number of benzene rings is 2. The maximum absolute atomic E-state index is 12.9. The van der Waals surface area contributed by atoms with Gasteiger partial charge in [0.25, 0.3) is 5.91 Å². The molecule has 1 N–H and O–H groups in total. The van der Waals surface area contributed by atoms with Crippen molar-refractivity contribution in [3.8, 4) is 12.3 Å². The second-order valence-electron chi connectivity index (χ2n) is 5.78. The molecular formula is C19H19FN2O3S. The Morgan fingerprint density at radius 2 is 1.88 bits per heavy atom. The molecule has 0 heterocycles. The third-order valence-electron chi connectivity index (χ3n) is 3.82. The zero-order valence-corrected chi connectivity index (χ0v) is 15.3. The average Bonchev–Trinajstić information content (AvgIpc) is 2.61. The fourth-order valence-electron chi connectivity index (χ4n) is 2.27. The molecule has 0 bridgehead atoms. The first-order chi connectivity index (χ1) is 12.2. The number of nitrogens with one attached hydrogen (secondary N) is 1. The molecule has 2 aromatic carbocycles. The van der Waals surface area contributed by atoms with Gasteiger partial charge in [0.2, 0.25) is 10.0 Å². The lowest BCUT2D eigenvalue weighted by Gasteiger charge is -2.18. The predicted molar refractivity (Wildman–Crippen MR) is 100 cm³/mol. The van der Waals surface area contributed by atoms with Crippen LogP contribution in [0.2, 0.25) is 0 Å². The van der Waals surface area contributed by atoms with E-state index in [1.807, 2.05) is 0 Å². The van der Waals surface area contributed by atoms with Crippen LogP contribution in [0.4, 0.5) is 10.1 Å². The van der Waals surface area contributed by atoms with Crippen LogP contribution < -0.4 is 9.62 Å². The second kappa shape index (κ2) is 8.02. The minimum atomic E-state index is -3.48. The van der Waals surface area contributed by atoms with E-state index in [4.69, 9.17) is 6.42 Å². The highest BCUT2D eigenvalue weighted by Crippen LogP contribution is 2.20. The summed E-state index contributed by atoms with van der Waals surface area (Å²) in [5.74, 6) is 1.74. The fraction of sp³-hybridized carbons (Fsp3) is 0.211. The number of halogens is 1. The molecule has 0 radical (unpaired) electrons. The van der Waals surface area contributed by atoms with Crippen LogP contribution in [0.3, 0.4) is 0 Å². The van der Waals surface area contributed by atoms with Gasteiger partial charge >= 0.3 is 0 Å². The monoisotopic (exact) mass is 374 g/mol. The van der Waals surface area contributed by atoms with Crippen LogP contribution in [0.5, 0.6) is 0 Å². The van der Waals surface area contributed by atoms with Gasteiger partial charge in [0.15, 0.2) is 0 Å². The molecule has 2 aromatic rings. The number of terminal acetylenes is 1. The van der Waals surface area contributed by atoms with E-state index in [-0.39, 0.29) is 17.3 Å².